The minimum absolute atomic E-state index is 0.0764. The Morgan fingerprint density at radius 3 is 2.83 bits per heavy atom. The molecule has 0 spiro atoms. The molecule has 23 heavy (non-hydrogen) atoms. The highest BCUT2D eigenvalue weighted by Crippen LogP contribution is 2.49. The third-order valence-corrected chi connectivity index (χ3v) is 5.46. The zero-order valence-corrected chi connectivity index (χ0v) is 14.1. The summed E-state index contributed by atoms with van der Waals surface area (Å²) in [6.07, 6.45) is 4.16. The van der Waals surface area contributed by atoms with E-state index in [0.717, 1.165) is 25.1 Å². The molecule has 0 bridgehead atoms. The van der Waals surface area contributed by atoms with Crippen LogP contribution in [0.3, 0.4) is 0 Å². The summed E-state index contributed by atoms with van der Waals surface area (Å²) in [7, 11) is 0. The van der Waals surface area contributed by atoms with Crippen LogP contribution in [-0.2, 0) is 11.3 Å². The summed E-state index contributed by atoms with van der Waals surface area (Å²) in [5.41, 5.74) is 0.744. The van der Waals surface area contributed by atoms with Gasteiger partial charge in [-0.25, -0.2) is 0 Å². The number of aromatic nitrogens is 2. The standard InChI is InChI=1S/C17H25N3O3/c1-11(2)8-20-12(3)14(7-18-20)15(21)19-9-13-5-4-6-17(13,10-19)16(22)23/h7,11,13H,4-6,8-10H2,1-3H3,(H,22,23)/t13-,17+/m0/s1. The van der Waals surface area contributed by atoms with E-state index in [4.69, 9.17) is 0 Å². The average Bonchev–Trinajstić information content (AvgIpc) is 3.11. The second-order valence-corrected chi connectivity index (χ2v) is 7.46. The summed E-state index contributed by atoms with van der Waals surface area (Å²) < 4.78 is 1.86. The molecular formula is C17H25N3O3. The lowest BCUT2D eigenvalue weighted by Gasteiger charge is -2.23. The van der Waals surface area contributed by atoms with Gasteiger partial charge < -0.3 is 10.0 Å². The molecule has 2 fully saturated rings. The number of fused-ring (bicyclic) bond motifs is 1. The zero-order valence-electron chi connectivity index (χ0n) is 14.1. The van der Waals surface area contributed by atoms with E-state index in [1.165, 1.54) is 0 Å². The fourth-order valence-electron chi connectivity index (χ4n) is 4.15. The van der Waals surface area contributed by atoms with Gasteiger partial charge >= 0.3 is 5.97 Å². The molecule has 1 aliphatic heterocycles. The maximum atomic E-state index is 12.8. The van der Waals surface area contributed by atoms with Gasteiger partial charge in [0.15, 0.2) is 0 Å². The lowest BCUT2D eigenvalue weighted by molar-refractivity contribution is -0.149. The first-order valence-corrected chi connectivity index (χ1v) is 8.40. The first-order chi connectivity index (χ1) is 10.8. The van der Waals surface area contributed by atoms with Crippen LogP contribution in [-0.4, -0.2) is 44.8 Å². The van der Waals surface area contributed by atoms with Gasteiger partial charge in [-0.2, -0.15) is 5.10 Å². The third-order valence-electron chi connectivity index (χ3n) is 5.46. The maximum absolute atomic E-state index is 12.8. The van der Waals surface area contributed by atoms with Gasteiger partial charge in [0.05, 0.1) is 17.2 Å². The first-order valence-electron chi connectivity index (χ1n) is 8.40. The molecule has 126 valence electrons. The van der Waals surface area contributed by atoms with Gasteiger partial charge in [-0.15, -0.1) is 0 Å². The molecule has 1 amide bonds. The van der Waals surface area contributed by atoms with E-state index in [-0.39, 0.29) is 11.8 Å². The Kier molecular flexibility index (Phi) is 3.94. The van der Waals surface area contributed by atoms with Crippen molar-refractivity contribution >= 4 is 11.9 Å². The Bertz CT molecular complexity index is 637. The number of hydrogen-bond donors (Lipinski definition) is 1. The van der Waals surface area contributed by atoms with Gasteiger partial charge in [-0.3, -0.25) is 14.3 Å². The molecule has 6 nitrogen and oxygen atoms in total. The van der Waals surface area contributed by atoms with Crippen molar-refractivity contribution in [1.82, 2.24) is 14.7 Å². The SMILES string of the molecule is Cc1c(C(=O)N2C[C@@H]3CCC[C@@]3(C(=O)O)C2)cnn1CC(C)C. The highest BCUT2D eigenvalue weighted by molar-refractivity contribution is 5.96. The summed E-state index contributed by atoms with van der Waals surface area (Å²) in [6, 6.07) is 0. The molecule has 6 heteroatoms. The number of carboxylic acid groups (broad SMARTS) is 1. The molecule has 1 aliphatic carbocycles. The number of aliphatic carboxylic acids is 1. The molecule has 0 radical (unpaired) electrons. The van der Waals surface area contributed by atoms with Crippen molar-refractivity contribution in [3.8, 4) is 0 Å². The van der Waals surface area contributed by atoms with Crippen LogP contribution >= 0.6 is 0 Å². The Hall–Kier alpha value is -1.85. The normalized spacial score (nSPS) is 26.8. The fraction of sp³-hybridized carbons (Fsp3) is 0.706. The van der Waals surface area contributed by atoms with Crippen LogP contribution in [0.2, 0.25) is 0 Å². The van der Waals surface area contributed by atoms with Gasteiger partial charge in [-0.05, 0) is 31.6 Å². The van der Waals surface area contributed by atoms with Crippen molar-refractivity contribution in [2.75, 3.05) is 13.1 Å². The van der Waals surface area contributed by atoms with E-state index < -0.39 is 11.4 Å². The van der Waals surface area contributed by atoms with Crippen molar-refractivity contribution in [3.05, 3.63) is 17.5 Å². The third kappa shape index (κ3) is 2.54. The Morgan fingerprint density at radius 1 is 1.48 bits per heavy atom. The molecule has 1 N–H and O–H groups in total. The highest BCUT2D eigenvalue weighted by Gasteiger charge is 2.55. The summed E-state index contributed by atoms with van der Waals surface area (Å²) >= 11 is 0. The summed E-state index contributed by atoms with van der Waals surface area (Å²) in [5.74, 6) is -0.275. The molecule has 1 aromatic rings. The van der Waals surface area contributed by atoms with Gasteiger partial charge in [0.25, 0.3) is 5.91 Å². The summed E-state index contributed by atoms with van der Waals surface area (Å²) in [6.45, 7) is 7.80. The van der Waals surface area contributed by atoms with E-state index in [2.05, 4.69) is 18.9 Å². The second kappa shape index (κ2) is 5.65. The summed E-state index contributed by atoms with van der Waals surface area (Å²) in [4.78, 5) is 26.3. The van der Waals surface area contributed by atoms with Crippen molar-refractivity contribution in [2.45, 2.75) is 46.6 Å². The van der Waals surface area contributed by atoms with Crippen LogP contribution in [0.4, 0.5) is 0 Å². The highest BCUT2D eigenvalue weighted by atomic mass is 16.4. The van der Waals surface area contributed by atoms with E-state index in [9.17, 15) is 14.7 Å². The van der Waals surface area contributed by atoms with Crippen molar-refractivity contribution in [2.24, 2.45) is 17.3 Å². The van der Waals surface area contributed by atoms with Crippen LogP contribution in [0.15, 0.2) is 6.20 Å². The number of carbonyl (C=O) groups is 2. The molecule has 2 aliphatic rings. The predicted octanol–water partition coefficient (Wildman–Crippen LogP) is 2.17. The van der Waals surface area contributed by atoms with E-state index in [1.54, 1.807) is 11.1 Å². The van der Waals surface area contributed by atoms with Gasteiger partial charge in [0.2, 0.25) is 0 Å². The molecule has 1 saturated heterocycles. The smallest absolute Gasteiger partial charge is 0.311 e. The van der Waals surface area contributed by atoms with Crippen molar-refractivity contribution in [3.63, 3.8) is 0 Å². The monoisotopic (exact) mass is 319 g/mol. The first kappa shape index (κ1) is 16.0. The summed E-state index contributed by atoms with van der Waals surface area (Å²) in [5, 5.41) is 14.0. The topological polar surface area (TPSA) is 75.4 Å². The van der Waals surface area contributed by atoms with Crippen LogP contribution in [0, 0.1) is 24.2 Å². The number of amides is 1. The Morgan fingerprint density at radius 2 is 2.22 bits per heavy atom. The van der Waals surface area contributed by atoms with Crippen LogP contribution in [0.5, 0.6) is 0 Å². The molecule has 0 aromatic carbocycles. The van der Waals surface area contributed by atoms with Crippen LogP contribution < -0.4 is 0 Å². The van der Waals surface area contributed by atoms with E-state index in [1.807, 2.05) is 11.6 Å². The lowest BCUT2D eigenvalue weighted by atomic mass is 9.81. The fourth-order valence-corrected chi connectivity index (χ4v) is 4.15. The number of hydrogen-bond acceptors (Lipinski definition) is 3. The van der Waals surface area contributed by atoms with Gasteiger partial charge in [-0.1, -0.05) is 20.3 Å². The Labute approximate surface area is 136 Å². The zero-order chi connectivity index (χ0) is 16.8. The molecule has 2 atom stereocenters. The molecule has 1 saturated carbocycles. The quantitative estimate of drug-likeness (QED) is 0.923. The number of carbonyl (C=O) groups excluding carboxylic acids is 1. The minimum atomic E-state index is -0.748. The molecule has 3 rings (SSSR count). The lowest BCUT2D eigenvalue weighted by Crippen LogP contribution is -2.37. The number of carboxylic acids is 1. The number of nitrogens with zero attached hydrogens (tertiary/aromatic N) is 3. The van der Waals surface area contributed by atoms with Crippen LogP contribution in [0.1, 0.15) is 49.2 Å². The van der Waals surface area contributed by atoms with Gasteiger partial charge in [0, 0.05) is 25.3 Å². The molecule has 0 unspecified atom stereocenters. The molecule has 1 aromatic heterocycles. The van der Waals surface area contributed by atoms with E-state index >= 15 is 0 Å². The molecule has 2 heterocycles. The van der Waals surface area contributed by atoms with Crippen molar-refractivity contribution < 1.29 is 14.7 Å². The van der Waals surface area contributed by atoms with Crippen LogP contribution in [0.25, 0.3) is 0 Å². The molecular weight excluding hydrogens is 294 g/mol. The number of rotatable bonds is 4. The Balaban J connectivity index is 1.80. The predicted molar refractivity (Wildman–Crippen MR) is 85.1 cm³/mol. The van der Waals surface area contributed by atoms with Crippen molar-refractivity contribution in [1.29, 1.82) is 0 Å². The largest absolute Gasteiger partial charge is 0.481 e. The minimum Gasteiger partial charge on any atom is -0.481 e. The second-order valence-electron chi connectivity index (χ2n) is 7.46. The maximum Gasteiger partial charge on any atom is 0.311 e. The number of likely N-dealkylation sites (tertiary alicyclic amines) is 1. The van der Waals surface area contributed by atoms with Gasteiger partial charge in [0.1, 0.15) is 0 Å². The average molecular weight is 319 g/mol. The van der Waals surface area contributed by atoms with E-state index in [0.29, 0.717) is 31.0 Å².